The first-order valence-corrected chi connectivity index (χ1v) is 8.20. The molecule has 1 aliphatic rings. The van der Waals surface area contributed by atoms with Crippen molar-refractivity contribution >= 4 is 22.6 Å². The van der Waals surface area contributed by atoms with E-state index >= 15 is 0 Å². The van der Waals surface area contributed by atoms with Crippen molar-refractivity contribution < 1.29 is 9.53 Å². The molecule has 3 rings (SSSR count). The molecule has 1 amide bonds. The van der Waals surface area contributed by atoms with Crippen LogP contribution < -0.4 is 11.1 Å². The number of hydrogen-bond donors (Lipinski definition) is 2. The minimum absolute atomic E-state index is 0.0402. The summed E-state index contributed by atoms with van der Waals surface area (Å²) in [6.45, 7) is 2.34. The Morgan fingerprint density at radius 1 is 1.38 bits per heavy atom. The molecule has 2 heterocycles. The Morgan fingerprint density at radius 2 is 2.21 bits per heavy atom. The SMILES string of the molecule is COCCN1CC(Nc2nc(CCN)nc3ccccc23)CC1=O. The second-order valence-corrected chi connectivity index (χ2v) is 5.92. The highest BCUT2D eigenvalue weighted by Gasteiger charge is 2.29. The zero-order valence-electron chi connectivity index (χ0n) is 13.9. The third kappa shape index (κ3) is 3.63. The Hall–Kier alpha value is -2.25. The van der Waals surface area contributed by atoms with Gasteiger partial charge in [0.1, 0.15) is 11.6 Å². The van der Waals surface area contributed by atoms with Crippen molar-refractivity contribution in [1.29, 1.82) is 0 Å². The van der Waals surface area contributed by atoms with E-state index in [4.69, 9.17) is 10.5 Å². The van der Waals surface area contributed by atoms with Crippen LogP contribution in [-0.4, -0.2) is 60.2 Å². The largest absolute Gasteiger partial charge is 0.383 e. The molecule has 1 aliphatic heterocycles. The van der Waals surface area contributed by atoms with Gasteiger partial charge in [0.25, 0.3) is 0 Å². The van der Waals surface area contributed by atoms with Crippen molar-refractivity contribution in [2.45, 2.75) is 18.9 Å². The molecule has 1 aromatic carbocycles. The summed E-state index contributed by atoms with van der Waals surface area (Å²) in [5, 5.41) is 4.38. The molecular formula is C17H23N5O2. The van der Waals surface area contributed by atoms with Crippen LogP contribution >= 0.6 is 0 Å². The smallest absolute Gasteiger partial charge is 0.224 e. The maximum atomic E-state index is 12.1. The summed E-state index contributed by atoms with van der Waals surface area (Å²) < 4.78 is 5.06. The quantitative estimate of drug-likeness (QED) is 0.780. The van der Waals surface area contributed by atoms with Crippen LogP contribution in [0.1, 0.15) is 12.2 Å². The first kappa shape index (κ1) is 16.6. The molecule has 128 valence electrons. The zero-order valence-corrected chi connectivity index (χ0v) is 13.9. The van der Waals surface area contributed by atoms with Crippen molar-refractivity contribution in [2.75, 3.05) is 38.7 Å². The van der Waals surface area contributed by atoms with Gasteiger partial charge in [-0.15, -0.1) is 0 Å². The summed E-state index contributed by atoms with van der Waals surface area (Å²) in [5.74, 6) is 1.64. The van der Waals surface area contributed by atoms with Gasteiger partial charge in [-0.3, -0.25) is 4.79 Å². The zero-order chi connectivity index (χ0) is 16.9. The molecule has 1 atom stereocenters. The van der Waals surface area contributed by atoms with Gasteiger partial charge >= 0.3 is 0 Å². The van der Waals surface area contributed by atoms with E-state index in [1.54, 1.807) is 7.11 Å². The molecule has 2 aromatic rings. The second kappa shape index (κ2) is 7.55. The molecule has 0 spiro atoms. The molecule has 24 heavy (non-hydrogen) atoms. The molecule has 0 saturated carbocycles. The summed E-state index contributed by atoms with van der Waals surface area (Å²) in [6.07, 6.45) is 1.09. The van der Waals surface area contributed by atoms with Gasteiger partial charge in [-0.1, -0.05) is 12.1 Å². The van der Waals surface area contributed by atoms with E-state index in [1.807, 2.05) is 29.2 Å². The number of para-hydroxylation sites is 1. The fraction of sp³-hybridized carbons (Fsp3) is 0.471. The molecule has 0 radical (unpaired) electrons. The number of carbonyl (C=O) groups is 1. The molecule has 0 aliphatic carbocycles. The highest BCUT2D eigenvalue weighted by Crippen LogP contribution is 2.23. The van der Waals surface area contributed by atoms with Crippen LogP contribution in [0, 0.1) is 0 Å². The van der Waals surface area contributed by atoms with Crippen LogP contribution in [0.2, 0.25) is 0 Å². The predicted molar refractivity (Wildman–Crippen MR) is 92.8 cm³/mol. The van der Waals surface area contributed by atoms with Gasteiger partial charge in [-0.2, -0.15) is 0 Å². The van der Waals surface area contributed by atoms with Gasteiger partial charge in [0.05, 0.1) is 18.2 Å². The number of aromatic nitrogens is 2. The fourth-order valence-corrected chi connectivity index (χ4v) is 2.96. The minimum atomic E-state index is 0.0402. The number of methoxy groups -OCH3 is 1. The number of fused-ring (bicyclic) bond motifs is 1. The highest BCUT2D eigenvalue weighted by atomic mass is 16.5. The Bertz CT molecular complexity index is 721. The van der Waals surface area contributed by atoms with Crippen LogP contribution in [0.4, 0.5) is 5.82 Å². The molecule has 1 unspecified atom stereocenters. The molecule has 7 heteroatoms. The van der Waals surface area contributed by atoms with E-state index in [9.17, 15) is 4.79 Å². The Labute approximate surface area is 141 Å². The van der Waals surface area contributed by atoms with E-state index in [1.165, 1.54) is 0 Å². The lowest BCUT2D eigenvalue weighted by atomic mass is 10.2. The van der Waals surface area contributed by atoms with E-state index in [0.717, 1.165) is 22.5 Å². The number of nitrogens with one attached hydrogen (secondary N) is 1. The summed E-state index contributed by atoms with van der Waals surface area (Å²) in [7, 11) is 1.64. The Morgan fingerprint density at radius 3 is 3.00 bits per heavy atom. The Balaban J connectivity index is 1.80. The van der Waals surface area contributed by atoms with Crippen LogP contribution in [0.3, 0.4) is 0 Å². The summed E-state index contributed by atoms with van der Waals surface area (Å²) in [5.41, 5.74) is 6.53. The topological polar surface area (TPSA) is 93.4 Å². The maximum Gasteiger partial charge on any atom is 0.224 e. The maximum absolute atomic E-state index is 12.1. The van der Waals surface area contributed by atoms with Crippen molar-refractivity contribution in [3.63, 3.8) is 0 Å². The minimum Gasteiger partial charge on any atom is -0.383 e. The number of amides is 1. The third-order valence-corrected chi connectivity index (χ3v) is 4.14. The van der Waals surface area contributed by atoms with Crippen LogP contribution in [-0.2, 0) is 16.0 Å². The highest BCUT2D eigenvalue weighted by molar-refractivity contribution is 5.89. The lowest BCUT2D eigenvalue weighted by Crippen LogP contribution is -2.31. The van der Waals surface area contributed by atoms with Gasteiger partial charge in [-0.25, -0.2) is 9.97 Å². The number of hydrogen-bond acceptors (Lipinski definition) is 6. The number of rotatable bonds is 7. The first-order valence-electron chi connectivity index (χ1n) is 8.20. The number of likely N-dealkylation sites (tertiary alicyclic amines) is 1. The van der Waals surface area contributed by atoms with Gasteiger partial charge in [0, 0.05) is 38.4 Å². The Kier molecular flexibility index (Phi) is 5.22. The monoisotopic (exact) mass is 329 g/mol. The second-order valence-electron chi connectivity index (χ2n) is 5.92. The van der Waals surface area contributed by atoms with E-state index in [2.05, 4.69) is 15.3 Å². The van der Waals surface area contributed by atoms with Crippen LogP contribution in [0.25, 0.3) is 10.9 Å². The average molecular weight is 329 g/mol. The van der Waals surface area contributed by atoms with Crippen LogP contribution in [0.5, 0.6) is 0 Å². The molecule has 7 nitrogen and oxygen atoms in total. The number of benzene rings is 1. The normalized spacial score (nSPS) is 17.7. The average Bonchev–Trinajstić information content (AvgIpc) is 2.92. The van der Waals surface area contributed by atoms with Crippen molar-refractivity contribution in [1.82, 2.24) is 14.9 Å². The molecule has 1 fully saturated rings. The number of carbonyl (C=O) groups excluding carboxylic acids is 1. The molecule has 3 N–H and O–H groups in total. The molecule has 1 saturated heterocycles. The van der Waals surface area contributed by atoms with E-state index < -0.39 is 0 Å². The number of anilines is 1. The van der Waals surface area contributed by atoms with E-state index in [0.29, 0.717) is 39.1 Å². The first-order chi connectivity index (χ1) is 11.7. The lowest BCUT2D eigenvalue weighted by Gasteiger charge is -2.18. The van der Waals surface area contributed by atoms with Gasteiger partial charge in [0.15, 0.2) is 0 Å². The predicted octanol–water partition coefficient (Wildman–Crippen LogP) is 0.790. The molecule has 1 aromatic heterocycles. The van der Waals surface area contributed by atoms with Gasteiger partial charge < -0.3 is 20.7 Å². The fourth-order valence-electron chi connectivity index (χ4n) is 2.96. The van der Waals surface area contributed by atoms with E-state index in [-0.39, 0.29) is 11.9 Å². The molecular weight excluding hydrogens is 306 g/mol. The van der Waals surface area contributed by atoms with Gasteiger partial charge in [0.2, 0.25) is 5.91 Å². The number of nitrogens with zero attached hydrogens (tertiary/aromatic N) is 3. The summed E-state index contributed by atoms with van der Waals surface area (Å²) in [6, 6.07) is 7.91. The van der Waals surface area contributed by atoms with Crippen molar-refractivity contribution in [2.24, 2.45) is 5.73 Å². The third-order valence-electron chi connectivity index (χ3n) is 4.14. The number of ether oxygens (including phenoxy) is 1. The standard InChI is InChI=1S/C17H23N5O2/c1-24-9-8-22-11-12(10-16(22)23)19-17-13-4-2-3-5-14(13)20-15(21-17)6-7-18/h2-5,12H,6-11,18H2,1H3,(H,19,20,21). The van der Waals surface area contributed by atoms with Gasteiger partial charge in [-0.05, 0) is 18.7 Å². The summed E-state index contributed by atoms with van der Waals surface area (Å²) >= 11 is 0. The summed E-state index contributed by atoms with van der Waals surface area (Å²) in [4.78, 5) is 23.1. The van der Waals surface area contributed by atoms with Crippen molar-refractivity contribution in [3.8, 4) is 0 Å². The van der Waals surface area contributed by atoms with Crippen LogP contribution in [0.15, 0.2) is 24.3 Å². The lowest BCUT2D eigenvalue weighted by molar-refractivity contribution is -0.128. The van der Waals surface area contributed by atoms with Crippen molar-refractivity contribution in [3.05, 3.63) is 30.1 Å². The molecule has 0 bridgehead atoms. The number of nitrogens with two attached hydrogens (primary N) is 1.